The highest BCUT2D eigenvalue weighted by molar-refractivity contribution is 5.98. The first kappa shape index (κ1) is 26.6. The Labute approximate surface area is 217 Å². The van der Waals surface area contributed by atoms with Crippen molar-refractivity contribution in [2.75, 3.05) is 40.0 Å². The summed E-state index contributed by atoms with van der Waals surface area (Å²) in [5.74, 6) is -0.196. The van der Waals surface area contributed by atoms with Crippen LogP contribution < -0.4 is 4.74 Å². The van der Waals surface area contributed by atoms with Crippen LogP contribution in [0.3, 0.4) is 0 Å². The molecule has 2 aromatic rings. The van der Waals surface area contributed by atoms with Crippen molar-refractivity contribution < 1.29 is 24.2 Å². The summed E-state index contributed by atoms with van der Waals surface area (Å²) >= 11 is 0. The third kappa shape index (κ3) is 5.92. The molecule has 37 heavy (non-hydrogen) atoms. The largest absolute Gasteiger partial charge is 0.472 e. The van der Waals surface area contributed by atoms with Gasteiger partial charge in [0.1, 0.15) is 11.7 Å². The highest BCUT2D eigenvalue weighted by Crippen LogP contribution is 2.31. The fraction of sp³-hybridized carbons (Fsp3) is 0.500. The number of benzene rings is 1. The van der Waals surface area contributed by atoms with Crippen LogP contribution in [-0.2, 0) is 9.53 Å². The molecule has 1 fully saturated rings. The van der Waals surface area contributed by atoms with Gasteiger partial charge in [-0.1, -0.05) is 19.1 Å². The molecule has 4 rings (SSSR count). The fourth-order valence-corrected chi connectivity index (χ4v) is 4.86. The van der Waals surface area contributed by atoms with E-state index >= 15 is 0 Å². The molecular formula is C28H34N4O5. The molecule has 1 N–H and O–H groups in total. The molecule has 1 aromatic carbocycles. The van der Waals surface area contributed by atoms with Gasteiger partial charge in [0.25, 0.3) is 5.91 Å². The zero-order chi connectivity index (χ0) is 26.5. The number of amides is 2. The smallest absolute Gasteiger partial charge is 0.259 e. The second-order valence-corrected chi connectivity index (χ2v) is 10.00. The van der Waals surface area contributed by atoms with E-state index in [1.807, 2.05) is 13.0 Å². The Morgan fingerprint density at radius 2 is 2.05 bits per heavy atom. The van der Waals surface area contributed by atoms with Gasteiger partial charge in [-0.05, 0) is 43.5 Å². The molecule has 2 amide bonds. The molecule has 0 bridgehead atoms. The molecule has 0 spiro atoms. The molecule has 0 saturated carbocycles. The summed E-state index contributed by atoms with van der Waals surface area (Å²) in [6, 6.07) is 10.5. The molecule has 9 heteroatoms. The number of carbonyl (C=O) groups is 2. The van der Waals surface area contributed by atoms with Gasteiger partial charge in [0.15, 0.2) is 0 Å². The minimum atomic E-state index is -0.409. The first-order chi connectivity index (χ1) is 17.8. The average molecular weight is 507 g/mol. The summed E-state index contributed by atoms with van der Waals surface area (Å²) in [5, 5.41) is 19.2. The maximum atomic E-state index is 13.7. The minimum Gasteiger partial charge on any atom is -0.472 e. The fourth-order valence-electron chi connectivity index (χ4n) is 4.86. The molecule has 196 valence electrons. The third-order valence-corrected chi connectivity index (χ3v) is 7.25. The highest BCUT2D eigenvalue weighted by Gasteiger charge is 2.35. The summed E-state index contributed by atoms with van der Waals surface area (Å²) in [5.41, 5.74) is 2.24. The molecule has 0 unspecified atom stereocenters. The van der Waals surface area contributed by atoms with E-state index in [0.717, 1.165) is 5.56 Å². The van der Waals surface area contributed by atoms with Crippen LogP contribution in [0.1, 0.15) is 42.6 Å². The SMILES string of the molecule is C[C@@H]1CN([C@@H](C)CO)C(=O)c2cc(-c3cccc(C#N)c3)cnc2O[C@H]1CN(C)C(=O)C1CCOCC1. The molecular weight excluding hydrogens is 472 g/mol. The number of likely N-dealkylation sites (N-methyl/N-ethyl adjacent to an activating group) is 1. The number of fused-ring (bicyclic) bond motifs is 1. The number of hydrogen-bond donors (Lipinski definition) is 1. The monoisotopic (exact) mass is 506 g/mol. The number of pyridine rings is 1. The zero-order valence-corrected chi connectivity index (χ0v) is 21.6. The number of aromatic nitrogens is 1. The molecule has 1 saturated heterocycles. The number of ether oxygens (including phenoxy) is 2. The predicted molar refractivity (Wildman–Crippen MR) is 137 cm³/mol. The first-order valence-corrected chi connectivity index (χ1v) is 12.7. The lowest BCUT2D eigenvalue weighted by Crippen LogP contribution is -2.51. The van der Waals surface area contributed by atoms with Crippen LogP contribution in [0.25, 0.3) is 11.1 Å². The van der Waals surface area contributed by atoms with Crippen molar-refractivity contribution in [2.45, 2.75) is 38.8 Å². The Balaban J connectivity index is 1.66. The van der Waals surface area contributed by atoms with E-state index in [1.54, 1.807) is 54.2 Å². The van der Waals surface area contributed by atoms with E-state index in [1.165, 1.54) is 0 Å². The second kappa shape index (κ2) is 11.7. The normalized spacial score (nSPS) is 21.2. The molecule has 3 heterocycles. The summed E-state index contributed by atoms with van der Waals surface area (Å²) < 4.78 is 11.7. The molecule has 3 atom stereocenters. The maximum absolute atomic E-state index is 13.7. The van der Waals surface area contributed by atoms with Crippen LogP contribution in [0.4, 0.5) is 0 Å². The van der Waals surface area contributed by atoms with Gasteiger partial charge in [-0.3, -0.25) is 9.59 Å². The van der Waals surface area contributed by atoms with Gasteiger partial charge < -0.3 is 24.4 Å². The molecule has 0 radical (unpaired) electrons. The number of nitriles is 1. The Kier molecular flexibility index (Phi) is 8.41. The average Bonchev–Trinajstić information content (AvgIpc) is 2.94. The summed E-state index contributed by atoms with van der Waals surface area (Å²) in [6.07, 6.45) is 2.64. The van der Waals surface area contributed by atoms with Gasteiger partial charge in [0, 0.05) is 50.4 Å². The Morgan fingerprint density at radius 1 is 1.30 bits per heavy atom. The van der Waals surface area contributed by atoms with E-state index in [9.17, 15) is 20.0 Å². The van der Waals surface area contributed by atoms with Crippen molar-refractivity contribution in [1.29, 1.82) is 5.26 Å². The molecule has 1 aromatic heterocycles. The topological polar surface area (TPSA) is 116 Å². The molecule has 2 aliphatic rings. The van der Waals surface area contributed by atoms with Gasteiger partial charge >= 0.3 is 0 Å². The van der Waals surface area contributed by atoms with Crippen LogP contribution in [0.5, 0.6) is 5.88 Å². The highest BCUT2D eigenvalue weighted by atomic mass is 16.5. The Morgan fingerprint density at radius 3 is 2.76 bits per heavy atom. The van der Waals surface area contributed by atoms with Crippen molar-refractivity contribution in [3.8, 4) is 23.1 Å². The molecule has 9 nitrogen and oxygen atoms in total. The molecule has 0 aliphatic carbocycles. The van der Waals surface area contributed by atoms with Crippen LogP contribution in [0.15, 0.2) is 36.5 Å². The lowest BCUT2D eigenvalue weighted by Gasteiger charge is -2.38. The zero-order valence-electron chi connectivity index (χ0n) is 21.6. The van der Waals surface area contributed by atoms with Crippen LogP contribution in [0, 0.1) is 23.2 Å². The van der Waals surface area contributed by atoms with Crippen LogP contribution in [-0.4, -0.2) is 83.8 Å². The Bertz CT molecular complexity index is 1170. The minimum absolute atomic E-state index is 0.0627. The second-order valence-electron chi connectivity index (χ2n) is 10.00. The predicted octanol–water partition coefficient (Wildman–Crippen LogP) is 2.73. The maximum Gasteiger partial charge on any atom is 0.259 e. The number of hydrogen-bond acceptors (Lipinski definition) is 7. The number of rotatable bonds is 6. The third-order valence-electron chi connectivity index (χ3n) is 7.25. The lowest BCUT2D eigenvalue weighted by molar-refractivity contribution is -0.138. The van der Waals surface area contributed by atoms with E-state index in [-0.39, 0.29) is 41.7 Å². The van der Waals surface area contributed by atoms with Gasteiger partial charge in [-0.25, -0.2) is 4.98 Å². The first-order valence-electron chi connectivity index (χ1n) is 12.7. The van der Waals surface area contributed by atoms with Crippen LogP contribution in [0.2, 0.25) is 0 Å². The van der Waals surface area contributed by atoms with Crippen molar-refractivity contribution in [3.63, 3.8) is 0 Å². The number of carbonyl (C=O) groups excluding carboxylic acids is 2. The van der Waals surface area contributed by atoms with Gasteiger partial charge in [-0.15, -0.1) is 0 Å². The lowest BCUT2D eigenvalue weighted by atomic mass is 9.96. The van der Waals surface area contributed by atoms with E-state index < -0.39 is 12.1 Å². The van der Waals surface area contributed by atoms with Gasteiger partial charge in [0.05, 0.1) is 30.8 Å². The van der Waals surface area contributed by atoms with E-state index in [4.69, 9.17) is 9.47 Å². The van der Waals surface area contributed by atoms with Crippen molar-refractivity contribution in [2.24, 2.45) is 11.8 Å². The summed E-state index contributed by atoms with van der Waals surface area (Å²) in [6.45, 7) is 5.49. The van der Waals surface area contributed by atoms with Crippen molar-refractivity contribution in [3.05, 3.63) is 47.7 Å². The number of aliphatic hydroxyl groups excluding tert-OH is 1. The van der Waals surface area contributed by atoms with Gasteiger partial charge in [0.2, 0.25) is 11.8 Å². The standard InChI is InChI=1S/C28H34N4O5/c1-18-15-32(19(2)17-33)28(35)24-12-23(22-6-4-5-20(11-22)13-29)14-30-26(24)37-25(18)16-31(3)27(34)21-7-9-36-10-8-21/h4-6,11-12,14,18-19,21,25,33H,7-10,15-17H2,1-3H3/t18-,19+,25+/m1/s1. The van der Waals surface area contributed by atoms with Crippen molar-refractivity contribution in [1.82, 2.24) is 14.8 Å². The quantitative estimate of drug-likeness (QED) is 0.640. The summed E-state index contributed by atoms with van der Waals surface area (Å²) in [4.78, 5) is 34.6. The number of aliphatic hydroxyl groups is 1. The van der Waals surface area contributed by atoms with Crippen LogP contribution >= 0.6 is 0 Å². The summed E-state index contributed by atoms with van der Waals surface area (Å²) in [7, 11) is 1.78. The van der Waals surface area contributed by atoms with E-state index in [0.29, 0.717) is 50.3 Å². The molecule has 2 aliphatic heterocycles. The van der Waals surface area contributed by atoms with E-state index in [2.05, 4.69) is 11.1 Å². The Hall–Kier alpha value is -3.48. The van der Waals surface area contributed by atoms with Gasteiger partial charge in [-0.2, -0.15) is 5.26 Å². The van der Waals surface area contributed by atoms with Crippen molar-refractivity contribution >= 4 is 11.8 Å². The number of nitrogens with zero attached hydrogens (tertiary/aromatic N) is 4.